The summed E-state index contributed by atoms with van der Waals surface area (Å²) in [5.74, 6) is -2.76. The molecule has 2 heterocycles. The van der Waals surface area contributed by atoms with Crippen LogP contribution in [0.25, 0.3) is 0 Å². The van der Waals surface area contributed by atoms with Gasteiger partial charge in [0.05, 0.1) is 9.81 Å². The topological polar surface area (TPSA) is 157 Å². The molecule has 4 rings (SSSR count). The molecule has 46 heavy (non-hydrogen) atoms. The molecule has 2 aliphatic rings. The summed E-state index contributed by atoms with van der Waals surface area (Å²) in [6.45, 7) is 0.270. The van der Waals surface area contributed by atoms with Crippen LogP contribution >= 0.6 is 79.8 Å². The van der Waals surface area contributed by atoms with Crippen LogP contribution in [0.1, 0.15) is 46.4 Å². The van der Waals surface area contributed by atoms with Crippen molar-refractivity contribution in [3.05, 3.63) is 78.4 Å². The van der Waals surface area contributed by atoms with Crippen LogP contribution in [0, 0.1) is 0 Å². The van der Waals surface area contributed by atoms with E-state index in [0.29, 0.717) is 11.1 Å². The molecule has 240 valence electrons. The van der Waals surface area contributed by atoms with E-state index in [-0.39, 0.29) is 57.2 Å². The second kappa shape index (κ2) is 16.6. The van der Waals surface area contributed by atoms with Crippen LogP contribution in [0.5, 0.6) is 0 Å². The van der Waals surface area contributed by atoms with Crippen molar-refractivity contribution in [3.8, 4) is 0 Å². The van der Waals surface area contributed by atoms with Crippen molar-refractivity contribution in [2.24, 2.45) is 0 Å². The van der Waals surface area contributed by atoms with Crippen LogP contribution in [0.3, 0.4) is 0 Å². The van der Waals surface area contributed by atoms with Gasteiger partial charge in [0.15, 0.2) is 0 Å². The molecule has 2 aliphatic heterocycles. The van der Waals surface area contributed by atoms with Gasteiger partial charge in [-0.3, -0.25) is 60.3 Å². The number of amides is 6. The Morgan fingerprint density at radius 1 is 0.609 bits per heavy atom. The van der Waals surface area contributed by atoms with Crippen LogP contribution in [0.2, 0.25) is 0 Å². The highest BCUT2D eigenvalue weighted by Crippen LogP contribution is 2.42. The standard InChI is InChI=1S/C28H24Br2N6O6S4/c29-17-9-5-15(6-10-17)23(39)33-31-19(37)3-1-13-35-25(41)21(45-27(35)43)22-26(42)36(28(44)46-22)14-2-4-20(38)32-34-24(40)16-7-11-18(30)12-8-16/h5-12H,1-4,13-14H2,(H,31,37)(H,32,38)(H,33,39)(H,34,40)/b22-21+. The van der Waals surface area contributed by atoms with E-state index in [1.54, 1.807) is 48.5 Å². The molecule has 2 aromatic carbocycles. The van der Waals surface area contributed by atoms with Crippen LogP contribution in [-0.4, -0.2) is 67.0 Å². The number of rotatable bonds is 10. The predicted molar refractivity (Wildman–Crippen MR) is 189 cm³/mol. The summed E-state index contributed by atoms with van der Waals surface area (Å²) >= 11 is 19.3. The molecule has 0 aromatic heterocycles. The largest absolute Gasteiger partial charge is 0.293 e. The zero-order chi connectivity index (χ0) is 33.4. The highest BCUT2D eigenvalue weighted by molar-refractivity contribution is 9.10. The van der Waals surface area contributed by atoms with Gasteiger partial charge < -0.3 is 0 Å². The first kappa shape index (κ1) is 35.7. The Balaban J connectivity index is 1.20. The summed E-state index contributed by atoms with van der Waals surface area (Å²) in [5, 5.41) is 0. The van der Waals surface area contributed by atoms with Gasteiger partial charge >= 0.3 is 0 Å². The summed E-state index contributed by atoms with van der Waals surface area (Å²) in [6.07, 6.45) is 0.534. The molecular formula is C28H24Br2N6O6S4. The highest BCUT2D eigenvalue weighted by atomic mass is 79.9. The molecule has 2 aromatic rings. The average molecular weight is 829 g/mol. The lowest BCUT2D eigenvalue weighted by Gasteiger charge is -2.15. The number of hydrazine groups is 2. The normalized spacial score (nSPS) is 16.1. The molecule has 0 radical (unpaired) electrons. The number of carbonyl (C=O) groups excluding carboxylic acids is 6. The number of nitrogens with one attached hydrogen (secondary N) is 4. The predicted octanol–water partition coefficient (Wildman–Crippen LogP) is 3.93. The van der Waals surface area contributed by atoms with Crippen molar-refractivity contribution in [3.63, 3.8) is 0 Å². The van der Waals surface area contributed by atoms with Crippen LogP contribution < -0.4 is 21.7 Å². The third kappa shape index (κ3) is 9.45. The monoisotopic (exact) mass is 826 g/mol. The van der Waals surface area contributed by atoms with Crippen LogP contribution in [0.15, 0.2) is 67.3 Å². The summed E-state index contributed by atoms with van der Waals surface area (Å²) in [5.41, 5.74) is 10.1. The number of halogens is 2. The van der Waals surface area contributed by atoms with Crippen molar-refractivity contribution in [1.82, 2.24) is 31.5 Å². The molecular weight excluding hydrogens is 804 g/mol. The first-order valence-electron chi connectivity index (χ1n) is 13.5. The van der Waals surface area contributed by atoms with E-state index >= 15 is 0 Å². The average Bonchev–Trinajstić information content (AvgIpc) is 3.47. The minimum absolute atomic E-state index is 0.0105. The molecule has 2 fully saturated rings. The first-order chi connectivity index (χ1) is 21.9. The van der Waals surface area contributed by atoms with E-state index in [2.05, 4.69) is 53.6 Å². The second-order valence-corrected chi connectivity index (χ2v) is 14.7. The maximum Gasteiger partial charge on any atom is 0.269 e. The lowest BCUT2D eigenvalue weighted by atomic mass is 10.2. The Kier molecular flexibility index (Phi) is 12.9. The Labute approximate surface area is 299 Å². The number of nitrogens with zero attached hydrogens (tertiary/aromatic N) is 2. The Hall–Kier alpha value is -3.16. The quantitative estimate of drug-likeness (QED) is 0.157. The number of thiocarbonyl (C=S) groups is 2. The van der Waals surface area contributed by atoms with Crippen molar-refractivity contribution in [1.29, 1.82) is 0 Å². The molecule has 0 spiro atoms. The fourth-order valence-corrected chi connectivity index (χ4v) is 7.28. The van der Waals surface area contributed by atoms with Gasteiger partial charge in [-0.25, -0.2) is 0 Å². The molecule has 0 atom stereocenters. The zero-order valence-corrected chi connectivity index (χ0v) is 30.0. The Bertz CT molecular complexity index is 1520. The number of hydrogen-bond acceptors (Lipinski definition) is 10. The van der Waals surface area contributed by atoms with Gasteiger partial charge in [0.25, 0.3) is 23.6 Å². The number of benzene rings is 2. The lowest BCUT2D eigenvalue weighted by molar-refractivity contribution is -0.125. The van der Waals surface area contributed by atoms with Gasteiger partial charge in [-0.05, 0) is 61.4 Å². The van der Waals surface area contributed by atoms with E-state index in [4.69, 9.17) is 24.4 Å². The number of thioether (sulfide) groups is 2. The first-order valence-corrected chi connectivity index (χ1v) is 17.5. The number of carbonyl (C=O) groups is 6. The van der Waals surface area contributed by atoms with Gasteiger partial charge in [0.2, 0.25) is 11.8 Å². The van der Waals surface area contributed by atoms with Gasteiger partial charge in [-0.2, -0.15) is 0 Å². The third-order valence-corrected chi connectivity index (χ3v) is 10.4. The fourth-order valence-electron chi connectivity index (χ4n) is 3.98. The summed E-state index contributed by atoms with van der Waals surface area (Å²) in [6, 6.07) is 13.2. The maximum atomic E-state index is 13.2. The van der Waals surface area contributed by atoms with Gasteiger partial charge in [-0.1, -0.05) is 79.8 Å². The van der Waals surface area contributed by atoms with Crippen LogP contribution in [0.4, 0.5) is 0 Å². The Morgan fingerprint density at radius 3 is 1.30 bits per heavy atom. The Morgan fingerprint density at radius 2 is 0.957 bits per heavy atom. The molecule has 6 amide bonds. The van der Waals surface area contributed by atoms with Crippen LogP contribution in [-0.2, 0) is 19.2 Å². The molecule has 0 aliphatic carbocycles. The highest BCUT2D eigenvalue weighted by Gasteiger charge is 2.41. The molecule has 0 bridgehead atoms. The fraction of sp³-hybridized carbons (Fsp3) is 0.214. The second-order valence-electron chi connectivity index (χ2n) is 9.53. The summed E-state index contributed by atoms with van der Waals surface area (Å²) in [4.78, 5) is 78.1. The maximum absolute atomic E-state index is 13.2. The van der Waals surface area contributed by atoms with Crippen molar-refractivity contribution < 1.29 is 28.8 Å². The number of hydrogen-bond donors (Lipinski definition) is 4. The van der Waals surface area contributed by atoms with Crippen molar-refractivity contribution >= 4 is 124 Å². The zero-order valence-electron chi connectivity index (χ0n) is 23.6. The van der Waals surface area contributed by atoms with Crippen molar-refractivity contribution in [2.75, 3.05) is 13.1 Å². The van der Waals surface area contributed by atoms with Crippen molar-refractivity contribution in [2.45, 2.75) is 25.7 Å². The molecule has 12 nitrogen and oxygen atoms in total. The molecule has 0 unspecified atom stereocenters. The third-order valence-electron chi connectivity index (χ3n) is 6.32. The smallest absolute Gasteiger partial charge is 0.269 e. The minimum atomic E-state index is -0.473. The van der Waals surface area contributed by atoms with E-state index in [9.17, 15) is 28.8 Å². The van der Waals surface area contributed by atoms with E-state index in [1.807, 2.05) is 0 Å². The minimum Gasteiger partial charge on any atom is -0.293 e. The summed E-state index contributed by atoms with van der Waals surface area (Å²) < 4.78 is 2.12. The lowest BCUT2D eigenvalue weighted by Crippen LogP contribution is -2.42. The van der Waals surface area contributed by atoms with E-state index < -0.39 is 35.4 Å². The summed E-state index contributed by atoms with van der Waals surface area (Å²) in [7, 11) is 0. The molecule has 18 heteroatoms. The molecule has 2 saturated heterocycles. The van der Waals surface area contributed by atoms with Gasteiger partial charge in [0, 0.05) is 46.0 Å². The van der Waals surface area contributed by atoms with E-state index in [1.165, 1.54) is 9.80 Å². The molecule has 0 saturated carbocycles. The van der Waals surface area contributed by atoms with E-state index in [0.717, 1.165) is 32.5 Å². The molecule has 4 N–H and O–H groups in total. The van der Waals surface area contributed by atoms with Gasteiger partial charge in [0.1, 0.15) is 8.64 Å². The SMILES string of the molecule is O=C(CCCN1C(=O)/C(=C2\SC(=S)N(CCCC(=O)NNC(=O)c3ccc(Br)cc3)C2=O)SC1=S)NNC(=O)c1ccc(Br)cc1. The van der Waals surface area contributed by atoms with Gasteiger partial charge in [-0.15, -0.1) is 0 Å².